The van der Waals surface area contributed by atoms with E-state index in [0.29, 0.717) is 22.3 Å². The lowest BCUT2D eigenvalue weighted by Crippen LogP contribution is -2.59. The number of halogens is 2. The molecule has 20 nitrogen and oxygen atoms in total. The van der Waals surface area contributed by atoms with Crippen LogP contribution in [0.15, 0.2) is 97.1 Å². The zero-order valence-electron chi connectivity index (χ0n) is 37.0. The first-order chi connectivity index (χ1) is 32.3. The summed E-state index contributed by atoms with van der Waals surface area (Å²) in [4.78, 5) is 104. The van der Waals surface area contributed by atoms with E-state index in [2.05, 4.69) is 42.8 Å². The van der Waals surface area contributed by atoms with Gasteiger partial charge in [-0.15, -0.1) is 0 Å². The molecule has 22 heteroatoms. The SMILES string of the molecule is C[C@H](NC(=O)[C@H](N)Cc1ccc(O)cc1)C(=O)NCC(=O)N[C@H](Cc1ccc(F)cc1)C(=O)NNC(=O)[C@H](Cc1ccc(F)cc1)NC(=O)CNC(=O)[C@@H](C)NC(=O)[C@@H](N)Cc1ccc(O)cc1. The van der Waals surface area contributed by atoms with E-state index >= 15 is 0 Å². The molecule has 4 aromatic carbocycles. The maximum atomic E-state index is 13.7. The maximum absolute atomic E-state index is 13.7. The van der Waals surface area contributed by atoms with Crippen molar-refractivity contribution in [2.45, 2.75) is 75.8 Å². The number of hydrogen-bond acceptors (Lipinski definition) is 12. The minimum absolute atomic E-state index is 0.0349. The minimum atomic E-state index is -1.44. The van der Waals surface area contributed by atoms with Gasteiger partial charge in [-0.1, -0.05) is 48.5 Å². The van der Waals surface area contributed by atoms with Crippen molar-refractivity contribution in [3.8, 4) is 11.5 Å². The summed E-state index contributed by atoms with van der Waals surface area (Å²) in [5, 5.41) is 33.4. The van der Waals surface area contributed by atoms with Crippen molar-refractivity contribution in [3.05, 3.63) is 131 Å². The third-order valence-corrected chi connectivity index (χ3v) is 10.1. The molecular formula is C46H54F2N10O10. The number of benzene rings is 4. The number of hydrazine groups is 1. The first kappa shape index (κ1) is 52.6. The number of phenols is 2. The van der Waals surface area contributed by atoms with Crippen LogP contribution in [0.2, 0.25) is 0 Å². The van der Waals surface area contributed by atoms with Gasteiger partial charge in [-0.05, 0) is 97.5 Å². The number of nitrogens with two attached hydrogens (primary N) is 2. The van der Waals surface area contributed by atoms with Gasteiger partial charge in [0.25, 0.3) is 11.8 Å². The third-order valence-electron chi connectivity index (χ3n) is 10.1. The highest BCUT2D eigenvalue weighted by Crippen LogP contribution is 2.13. The summed E-state index contributed by atoms with van der Waals surface area (Å²) in [5.41, 5.74) is 18.4. The second kappa shape index (κ2) is 25.6. The lowest BCUT2D eigenvalue weighted by molar-refractivity contribution is -0.134. The lowest BCUT2D eigenvalue weighted by atomic mass is 10.0. The smallest absolute Gasteiger partial charge is 0.261 e. The standard InChI is InChI=1S/C46H54F2N10O10/c1-25(53-43(65)35(49)19-27-7-15-33(59)16-8-27)41(63)51-23-39(61)55-37(21-29-3-11-31(47)12-4-29)45(67)57-58-46(68)38(22-30-5-13-32(48)14-6-30)56-40(62)24-52-42(64)26(2)54-44(66)36(50)20-28-9-17-34(60)18-10-28/h3-18,25-26,35-38,59-60H,19-24,49-50H2,1-2H3,(H,51,63)(H,52,64)(H,53,65)(H,54,66)(H,55,61)(H,56,62)(H,57,67)(H,58,68)/t25-,26+,35+,36-,37+,38-. The number of carbonyl (C=O) groups excluding carboxylic acids is 8. The molecule has 362 valence electrons. The minimum Gasteiger partial charge on any atom is -0.508 e. The molecular weight excluding hydrogens is 891 g/mol. The Bertz CT molecular complexity index is 2230. The first-order valence-electron chi connectivity index (χ1n) is 21.2. The van der Waals surface area contributed by atoms with Crippen LogP contribution in [0.3, 0.4) is 0 Å². The quantitative estimate of drug-likeness (QED) is 0.0408. The molecule has 4 rings (SSSR count). The summed E-state index contributed by atoms with van der Waals surface area (Å²) in [7, 11) is 0. The predicted octanol–water partition coefficient (Wildman–Crippen LogP) is -1.34. The normalized spacial score (nSPS) is 13.4. The number of rotatable bonds is 22. The Balaban J connectivity index is 1.33. The molecule has 0 fully saturated rings. The van der Waals surface area contributed by atoms with Crippen LogP contribution in [0.25, 0.3) is 0 Å². The zero-order chi connectivity index (χ0) is 49.9. The molecule has 0 radical (unpaired) electrons. The average molecular weight is 945 g/mol. The van der Waals surface area contributed by atoms with Crippen LogP contribution >= 0.6 is 0 Å². The topological polar surface area (TPSA) is 325 Å². The Hall–Kier alpha value is -7.98. The van der Waals surface area contributed by atoms with E-state index in [1.807, 2.05) is 0 Å². The van der Waals surface area contributed by atoms with Gasteiger partial charge in [0.2, 0.25) is 35.4 Å². The van der Waals surface area contributed by atoms with Gasteiger partial charge in [0.1, 0.15) is 47.3 Å². The van der Waals surface area contributed by atoms with E-state index in [-0.39, 0.29) is 37.2 Å². The van der Waals surface area contributed by atoms with E-state index < -0.39 is 108 Å². The number of phenolic OH excluding ortho intramolecular Hbond substituents is 2. The molecule has 0 unspecified atom stereocenters. The molecule has 4 aromatic rings. The van der Waals surface area contributed by atoms with Gasteiger partial charge in [-0.25, -0.2) is 8.78 Å². The second-order valence-corrected chi connectivity index (χ2v) is 15.7. The van der Waals surface area contributed by atoms with Gasteiger partial charge in [0.15, 0.2) is 0 Å². The fraction of sp³-hybridized carbons (Fsp3) is 0.304. The highest BCUT2D eigenvalue weighted by Gasteiger charge is 2.28. The molecule has 0 saturated carbocycles. The molecule has 0 spiro atoms. The number of nitrogens with one attached hydrogen (secondary N) is 8. The van der Waals surface area contributed by atoms with Gasteiger partial charge in [0, 0.05) is 12.8 Å². The maximum Gasteiger partial charge on any atom is 0.261 e. The van der Waals surface area contributed by atoms with Gasteiger partial charge < -0.3 is 53.6 Å². The van der Waals surface area contributed by atoms with E-state index in [1.165, 1.54) is 62.4 Å². The van der Waals surface area contributed by atoms with Crippen LogP contribution in [0.1, 0.15) is 36.1 Å². The lowest BCUT2D eigenvalue weighted by Gasteiger charge is -2.22. The van der Waals surface area contributed by atoms with E-state index in [0.717, 1.165) is 24.3 Å². The summed E-state index contributed by atoms with van der Waals surface area (Å²) in [6.07, 6.45) is -0.248. The second-order valence-electron chi connectivity index (χ2n) is 15.7. The summed E-state index contributed by atoms with van der Waals surface area (Å²) >= 11 is 0. The van der Waals surface area contributed by atoms with Gasteiger partial charge in [-0.3, -0.25) is 49.2 Å². The Morgan fingerprint density at radius 2 is 0.735 bits per heavy atom. The van der Waals surface area contributed by atoms with Crippen LogP contribution in [0.5, 0.6) is 11.5 Å². The number of hydrogen-bond donors (Lipinski definition) is 12. The molecule has 0 aliphatic rings. The van der Waals surface area contributed by atoms with Crippen LogP contribution in [0, 0.1) is 11.6 Å². The number of amides is 8. The molecule has 0 aliphatic heterocycles. The van der Waals surface area contributed by atoms with E-state index in [1.54, 1.807) is 24.3 Å². The molecule has 0 aromatic heterocycles. The average Bonchev–Trinajstić information content (AvgIpc) is 3.31. The largest absolute Gasteiger partial charge is 0.508 e. The Morgan fingerprint density at radius 3 is 1.06 bits per heavy atom. The molecule has 0 saturated heterocycles. The van der Waals surface area contributed by atoms with Crippen LogP contribution < -0.4 is 54.2 Å². The van der Waals surface area contributed by atoms with Crippen LogP contribution in [-0.2, 0) is 64.0 Å². The summed E-state index contributed by atoms with van der Waals surface area (Å²) < 4.78 is 27.4. The van der Waals surface area contributed by atoms with E-state index in [4.69, 9.17) is 11.5 Å². The highest BCUT2D eigenvalue weighted by molar-refractivity contribution is 5.95. The Kier molecular flexibility index (Phi) is 19.9. The zero-order valence-corrected chi connectivity index (χ0v) is 37.0. The van der Waals surface area contributed by atoms with Crippen LogP contribution in [0.4, 0.5) is 8.78 Å². The molecule has 0 bridgehead atoms. The molecule has 0 aliphatic carbocycles. The highest BCUT2D eigenvalue weighted by atomic mass is 19.1. The summed E-state index contributed by atoms with van der Waals surface area (Å²) in [6, 6.07) is 14.8. The first-order valence-corrected chi connectivity index (χ1v) is 21.2. The third kappa shape index (κ3) is 17.8. The fourth-order valence-corrected chi connectivity index (χ4v) is 6.29. The van der Waals surface area contributed by atoms with Crippen molar-refractivity contribution in [1.29, 1.82) is 0 Å². The van der Waals surface area contributed by atoms with E-state index in [9.17, 15) is 57.4 Å². The molecule has 6 atom stereocenters. The van der Waals surface area contributed by atoms with Crippen LogP contribution in [-0.4, -0.2) is 107 Å². The molecule has 14 N–H and O–H groups in total. The van der Waals surface area contributed by atoms with Crippen molar-refractivity contribution in [3.63, 3.8) is 0 Å². The van der Waals surface area contributed by atoms with Gasteiger partial charge in [0.05, 0.1) is 25.2 Å². The molecule has 0 heterocycles. The van der Waals surface area contributed by atoms with Gasteiger partial charge >= 0.3 is 0 Å². The monoisotopic (exact) mass is 944 g/mol. The molecule has 68 heavy (non-hydrogen) atoms. The van der Waals surface area contributed by atoms with Crippen molar-refractivity contribution >= 4 is 47.3 Å². The van der Waals surface area contributed by atoms with Gasteiger partial charge in [-0.2, -0.15) is 0 Å². The van der Waals surface area contributed by atoms with Crippen molar-refractivity contribution in [2.75, 3.05) is 13.1 Å². The van der Waals surface area contributed by atoms with Crippen molar-refractivity contribution in [1.82, 2.24) is 42.8 Å². The number of aromatic hydroxyl groups is 2. The Labute approximate surface area is 389 Å². The molecule has 8 amide bonds. The van der Waals surface area contributed by atoms with Crippen molar-refractivity contribution in [2.24, 2.45) is 11.5 Å². The predicted molar refractivity (Wildman–Crippen MR) is 241 cm³/mol. The number of carbonyl (C=O) groups is 8. The summed E-state index contributed by atoms with van der Waals surface area (Å²) in [5.74, 6) is -7.64. The fourth-order valence-electron chi connectivity index (χ4n) is 6.29. The Morgan fingerprint density at radius 1 is 0.441 bits per heavy atom. The summed E-state index contributed by atoms with van der Waals surface area (Å²) in [6.45, 7) is 1.38. The van der Waals surface area contributed by atoms with Crippen molar-refractivity contribution < 1.29 is 57.4 Å².